The van der Waals surface area contributed by atoms with Gasteiger partial charge in [-0.1, -0.05) is 0 Å². The molecule has 5 heteroatoms. The monoisotopic (exact) mass is 202 g/mol. The molecule has 1 amide bonds. The Morgan fingerprint density at radius 3 is 2.79 bits per heavy atom. The summed E-state index contributed by atoms with van der Waals surface area (Å²) >= 11 is 0. The number of hydrazine groups is 1. The third-order valence-electron chi connectivity index (χ3n) is 1.62. The van der Waals surface area contributed by atoms with Gasteiger partial charge in [0.2, 0.25) is 0 Å². The molecule has 5 nitrogen and oxygen atoms in total. The van der Waals surface area contributed by atoms with Crippen molar-refractivity contribution in [3.05, 3.63) is 0 Å². The van der Waals surface area contributed by atoms with E-state index in [1.807, 2.05) is 20.8 Å². The van der Waals surface area contributed by atoms with Crippen LogP contribution in [-0.2, 0) is 9.47 Å². The van der Waals surface area contributed by atoms with Crippen LogP contribution in [-0.4, -0.2) is 43.0 Å². The zero-order valence-electron chi connectivity index (χ0n) is 9.00. The number of rotatable bonds is 0. The standard InChI is InChI=1S/C9H18N2O3/c1-9(2,3)14-8(12)11-5-7-13-6-4-10-11/h10H,4-7H2,1-3H3. The summed E-state index contributed by atoms with van der Waals surface area (Å²) in [4.78, 5) is 11.6. The number of hydrogen-bond donors (Lipinski definition) is 1. The summed E-state index contributed by atoms with van der Waals surface area (Å²) in [6.45, 7) is 7.87. The third-order valence-corrected chi connectivity index (χ3v) is 1.62. The second-order valence-electron chi connectivity index (χ2n) is 4.15. The second-order valence-corrected chi connectivity index (χ2v) is 4.15. The highest BCUT2D eigenvalue weighted by molar-refractivity contribution is 5.67. The Kier molecular flexibility index (Phi) is 3.71. The molecule has 0 aromatic heterocycles. The molecule has 1 saturated heterocycles. The summed E-state index contributed by atoms with van der Waals surface area (Å²) in [5.74, 6) is 0. The predicted octanol–water partition coefficient (Wildman–Crippen LogP) is 0.758. The molecule has 1 aliphatic heterocycles. The minimum atomic E-state index is -0.452. The maximum atomic E-state index is 11.6. The van der Waals surface area contributed by atoms with E-state index < -0.39 is 5.60 Å². The van der Waals surface area contributed by atoms with E-state index in [0.29, 0.717) is 26.3 Å². The van der Waals surface area contributed by atoms with Crippen molar-refractivity contribution in [2.45, 2.75) is 26.4 Å². The van der Waals surface area contributed by atoms with Crippen molar-refractivity contribution >= 4 is 6.09 Å². The fourth-order valence-electron chi connectivity index (χ4n) is 1.06. The Bertz CT molecular complexity index is 193. The number of nitrogens with one attached hydrogen (secondary N) is 1. The van der Waals surface area contributed by atoms with Crippen molar-refractivity contribution in [1.29, 1.82) is 0 Å². The summed E-state index contributed by atoms with van der Waals surface area (Å²) in [6.07, 6.45) is -0.344. The Balaban J connectivity index is 2.42. The van der Waals surface area contributed by atoms with Gasteiger partial charge in [-0.15, -0.1) is 0 Å². The first-order valence-corrected chi connectivity index (χ1v) is 4.81. The molecule has 1 aliphatic rings. The number of carbonyl (C=O) groups excluding carboxylic acids is 1. The van der Waals surface area contributed by atoms with Crippen molar-refractivity contribution < 1.29 is 14.3 Å². The van der Waals surface area contributed by atoms with Gasteiger partial charge in [-0.3, -0.25) is 0 Å². The first kappa shape index (κ1) is 11.3. The largest absolute Gasteiger partial charge is 0.443 e. The van der Waals surface area contributed by atoms with E-state index in [-0.39, 0.29) is 6.09 Å². The van der Waals surface area contributed by atoms with E-state index in [4.69, 9.17) is 9.47 Å². The van der Waals surface area contributed by atoms with Crippen LogP contribution < -0.4 is 5.43 Å². The summed E-state index contributed by atoms with van der Waals surface area (Å²) in [5, 5.41) is 1.46. The third kappa shape index (κ3) is 3.93. The molecule has 0 spiro atoms. The van der Waals surface area contributed by atoms with E-state index in [9.17, 15) is 4.79 Å². The molecule has 0 unspecified atom stereocenters. The molecule has 14 heavy (non-hydrogen) atoms. The number of carbonyl (C=O) groups is 1. The molecule has 1 fully saturated rings. The maximum Gasteiger partial charge on any atom is 0.424 e. The lowest BCUT2D eigenvalue weighted by atomic mass is 10.2. The summed E-state index contributed by atoms with van der Waals surface area (Å²) in [6, 6.07) is 0. The Labute approximate surface area is 84.3 Å². The van der Waals surface area contributed by atoms with Crippen LogP contribution in [0.15, 0.2) is 0 Å². The smallest absolute Gasteiger partial charge is 0.424 e. The SMILES string of the molecule is CC(C)(C)OC(=O)N1CCOCCN1. The highest BCUT2D eigenvalue weighted by Gasteiger charge is 2.22. The van der Waals surface area contributed by atoms with Crippen molar-refractivity contribution in [3.8, 4) is 0 Å². The van der Waals surface area contributed by atoms with Gasteiger partial charge in [-0.25, -0.2) is 15.2 Å². The molecule has 82 valence electrons. The quantitative estimate of drug-likeness (QED) is 0.630. The highest BCUT2D eigenvalue weighted by Crippen LogP contribution is 2.09. The Morgan fingerprint density at radius 1 is 1.43 bits per heavy atom. The molecule has 0 radical (unpaired) electrons. The van der Waals surface area contributed by atoms with Crippen LogP contribution in [0, 0.1) is 0 Å². The van der Waals surface area contributed by atoms with Crippen LogP contribution in [0.5, 0.6) is 0 Å². The van der Waals surface area contributed by atoms with Gasteiger partial charge in [0.1, 0.15) is 5.60 Å². The van der Waals surface area contributed by atoms with Gasteiger partial charge in [-0.05, 0) is 20.8 Å². The van der Waals surface area contributed by atoms with Crippen molar-refractivity contribution in [2.24, 2.45) is 0 Å². The van der Waals surface area contributed by atoms with Crippen LogP contribution >= 0.6 is 0 Å². The zero-order chi connectivity index (χ0) is 10.6. The lowest BCUT2D eigenvalue weighted by molar-refractivity contribution is 0.0145. The molecule has 0 aromatic carbocycles. The van der Waals surface area contributed by atoms with Gasteiger partial charge in [0.15, 0.2) is 0 Å². The minimum absolute atomic E-state index is 0.344. The van der Waals surface area contributed by atoms with Gasteiger partial charge in [0.05, 0.1) is 19.8 Å². The molecule has 0 bridgehead atoms. The molecule has 0 aliphatic carbocycles. The van der Waals surface area contributed by atoms with Crippen LogP contribution in [0.25, 0.3) is 0 Å². The summed E-state index contributed by atoms with van der Waals surface area (Å²) in [7, 11) is 0. The fourth-order valence-corrected chi connectivity index (χ4v) is 1.06. The lowest BCUT2D eigenvalue weighted by Crippen LogP contribution is -2.46. The minimum Gasteiger partial charge on any atom is -0.443 e. The molecular weight excluding hydrogens is 184 g/mol. The average molecular weight is 202 g/mol. The number of ether oxygens (including phenoxy) is 2. The van der Waals surface area contributed by atoms with Crippen LogP contribution in [0.3, 0.4) is 0 Å². The van der Waals surface area contributed by atoms with Crippen molar-refractivity contribution in [1.82, 2.24) is 10.4 Å². The maximum absolute atomic E-state index is 11.6. The Morgan fingerprint density at radius 2 is 2.14 bits per heavy atom. The molecular formula is C9H18N2O3. The van der Waals surface area contributed by atoms with Gasteiger partial charge < -0.3 is 9.47 Å². The van der Waals surface area contributed by atoms with Gasteiger partial charge in [-0.2, -0.15) is 0 Å². The van der Waals surface area contributed by atoms with Gasteiger partial charge in [0.25, 0.3) is 0 Å². The van der Waals surface area contributed by atoms with Crippen LogP contribution in [0.2, 0.25) is 0 Å². The van der Waals surface area contributed by atoms with Crippen LogP contribution in [0.4, 0.5) is 4.79 Å². The highest BCUT2D eigenvalue weighted by atomic mass is 16.6. The predicted molar refractivity (Wildman–Crippen MR) is 51.8 cm³/mol. The van der Waals surface area contributed by atoms with E-state index in [0.717, 1.165) is 0 Å². The second kappa shape index (κ2) is 4.61. The molecule has 0 aromatic rings. The van der Waals surface area contributed by atoms with Gasteiger partial charge >= 0.3 is 6.09 Å². The number of hydrogen-bond acceptors (Lipinski definition) is 4. The number of nitrogens with zero attached hydrogens (tertiary/aromatic N) is 1. The average Bonchev–Trinajstić information content (AvgIpc) is 2.27. The van der Waals surface area contributed by atoms with Crippen molar-refractivity contribution in [2.75, 3.05) is 26.3 Å². The first-order valence-electron chi connectivity index (χ1n) is 4.81. The molecule has 0 saturated carbocycles. The fraction of sp³-hybridized carbons (Fsp3) is 0.889. The van der Waals surface area contributed by atoms with E-state index >= 15 is 0 Å². The molecule has 1 heterocycles. The topological polar surface area (TPSA) is 50.8 Å². The summed E-state index contributed by atoms with van der Waals surface area (Å²) in [5.41, 5.74) is 2.49. The number of amides is 1. The summed E-state index contributed by atoms with van der Waals surface area (Å²) < 4.78 is 10.4. The van der Waals surface area contributed by atoms with E-state index in [2.05, 4.69) is 5.43 Å². The Hall–Kier alpha value is -0.810. The van der Waals surface area contributed by atoms with E-state index in [1.165, 1.54) is 5.01 Å². The molecule has 0 atom stereocenters. The van der Waals surface area contributed by atoms with Gasteiger partial charge in [0, 0.05) is 6.54 Å². The zero-order valence-corrected chi connectivity index (χ0v) is 9.00. The lowest BCUT2D eigenvalue weighted by Gasteiger charge is -2.26. The van der Waals surface area contributed by atoms with E-state index in [1.54, 1.807) is 0 Å². The molecule has 1 rings (SSSR count). The van der Waals surface area contributed by atoms with Crippen molar-refractivity contribution in [3.63, 3.8) is 0 Å². The first-order chi connectivity index (χ1) is 6.49. The normalized spacial score (nSPS) is 18.9. The van der Waals surface area contributed by atoms with Crippen LogP contribution in [0.1, 0.15) is 20.8 Å². The molecule has 1 N–H and O–H groups in total.